The van der Waals surface area contributed by atoms with Crippen LogP contribution in [-0.4, -0.2) is 40.8 Å². The second-order valence-electron chi connectivity index (χ2n) is 6.48. The molecule has 2 amide bonds. The van der Waals surface area contributed by atoms with Gasteiger partial charge in [-0.1, -0.05) is 23.2 Å². The molecule has 3 rings (SSSR count). The molecule has 1 aromatic heterocycles. The smallest absolute Gasteiger partial charge is 0.316 e. The molecule has 8 nitrogen and oxygen atoms in total. The number of anilines is 1. The molecule has 0 saturated heterocycles. The van der Waals surface area contributed by atoms with Crippen molar-refractivity contribution in [3.8, 4) is 5.75 Å². The lowest BCUT2D eigenvalue weighted by molar-refractivity contribution is 0.00819. The van der Waals surface area contributed by atoms with E-state index in [0.717, 1.165) is 0 Å². The molecule has 0 spiro atoms. The number of aliphatic hydroxyl groups is 2. The molecular weight excluding hydrogens is 435 g/mol. The van der Waals surface area contributed by atoms with E-state index in [0.29, 0.717) is 16.2 Å². The first-order valence-electron chi connectivity index (χ1n) is 8.79. The van der Waals surface area contributed by atoms with Crippen molar-refractivity contribution in [1.82, 2.24) is 0 Å². The van der Waals surface area contributed by atoms with Gasteiger partial charge in [-0.3, -0.25) is 4.79 Å². The number of ether oxygens (including phenoxy) is 1. The highest BCUT2D eigenvalue weighted by molar-refractivity contribution is 6.37. The number of furan rings is 1. The molecule has 2 unspecified atom stereocenters. The first kappa shape index (κ1) is 21.9. The molecule has 3 aromatic rings. The monoisotopic (exact) mass is 452 g/mol. The fraction of sp³-hybridized carbons (Fsp3) is 0.200. The third-order valence-corrected chi connectivity index (χ3v) is 4.89. The average molecular weight is 453 g/mol. The van der Waals surface area contributed by atoms with Crippen molar-refractivity contribution in [1.29, 1.82) is 0 Å². The first-order chi connectivity index (χ1) is 14.2. The van der Waals surface area contributed by atoms with Crippen LogP contribution in [0, 0.1) is 0 Å². The maximum absolute atomic E-state index is 13.0. The third-order valence-electron chi connectivity index (χ3n) is 4.34. The van der Waals surface area contributed by atoms with Crippen molar-refractivity contribution < 1.29 is 29.0 Å². The molecule has 158 valence electrons. The Morgan fingerprint density at radius 3 is 2.60 bits per heavy atom. The normalized spacial score (nSPS) is 13.1. The molecule has 0 bridgehead atoms. The minimum Gasteiger partial charge on any atom is -0.488 e. The van der Waals surface area contributed by atoms with Crippen molar-refractivity contribution in [3.63, 3.8) is 0 Å². The zero-order valence-corrected chi connectivity index (χ0v) is 17.2. The Kier molecular flexibility index (Phi) is 6.52. The van der Waals surface area contributed by atoms with E-state index in [2.05, 4.69) is 5.32 Å². The fourth-order valence-corrected chi connectivity index (χ4v) is 3.29. The predicted molar refractivity (Wildman–Crippen MR) is 112 cm³/mol. The summed E-state index contributed by atoms with van der Waals surface area (Å²) in [5.41, 5.74) is 5.70. The highest BCUT2D eigenvalue weighted by Crippen LogP contribution is 2.36. The molecule has 0 fully saturated rings. The SMILES string of the molecule is CC(Oc1ccc2c(NC(N)=O)c(C(=O)c3ccc(Cl)cc3Cl)oc2c1)C(O)CO. The molecule has 5 N–H and O–H groups in total. The van der Waals surface area contributed by atoms with Gasteiger partial charge in [-0.05, 0) is 37.3 Å². The van der Waals surface area contributed by atoms with Crippen molar-refractivity contribution in [2.45, 2.75) is 19.1 Å². The number of urea groups is 1. The van der Waals surface area contributed by atoms with E-state index in [-0.39, 0.29) is 27.6 Å². The molecule has 2 aromatic carbocycles. The quantitative estimate of drug-likeness (QED) is 0.404. The van der Waals surface area contributed by atoms with Crippen LogP contribution in [-0.2, 0) is 0 Å². The number of halogens is 2. The molecule has 2 atom stereocenters. The Balaban J connectivity index is 2.06. The summed E-state index contributed by atoms with van der Waals surface area (Å²) in [6, 6.07) is 8.10. The number of primary amides is 1. The molecule has 0 saturated carbocycles. The number of benzene rings is 2. The van der Waals surface area contributed by atoms with Crippen LogP contribution in [0.3, 0.4) is 0 Å². The van der Waals surface area contributed by atoms with Crippen LogP contribution in [0.2, 0.25) is 10.0 Å². The molecule has 0 aliphatic rings. The Labute approximate surface area is 181 Å². The molecule has 1 heterocycles. The van der Waals surface area contributed by atoms with Gasteiger partial charge in [0.25, 0.3) is 0 Å². The van der Waals surface area contributed by atoms with Gasteiger partial charge >= 0.3 is 6.03 Å². The van der Waals surface area contributed by atoms with Crippen molar-refractivity contribution >= 4 is 51.7 Å². The van der Waals surface area contributed by atoms with E-state index in [9.17, 15) is 14.7 Å². The topological polar surface area (TPSA) is 135 Å². The van der Waals surface area contributed by atoms with Gasteiger partial charge in [-0.25, -0.2) is 4.79 Å². The number of carbonyl (C=O) groups excluding carboxylic acids is 2. The zero-order valence-electron chi connectivity index (χ0n) is 15.7. The highest BCUT2D eigenvalue weighted by atomic mass is 35.5. The van der Waals surface area contributed by atoms with Crippen LogP contribution >= 0.6 is 23.2 Å². The van der Waals surface area contributed by atoms with Crippen LogP contribution in [0.15, 0.2) is 40.8 Å². The molecule has 10 heteroatoms. The molecule has 30 heavy (non-hydrogen) atoms. The lowest BCUT2D eigenvalue weighted by Gasteiger charge is -2.18. The second kappa shape index (κ2) is 8.93. The number of aliphatic hydroxyl groups excluding tert-OH is 2. The number of carbonyl (C=O) groups is 2. The van der Waals surface area contributed by atoms with Gasteiger partial charge < -0.3 is 30.4 Å². The van der Waals surface area contributed by atoms with Crippen molar-refractivity contribution in [3.05, 3.63) is 57.8 Å². The zero-order chi connectivity index (χ0) is 22.0. The minimum atomic E-state index is -1.08. The van der Waals surface area contributed by atoms with Gasteiger partial charge in [0.05, 0.1) is 11.6 Å². The summed E-state index contributed by atoms with van der Waals surface area (Å²) in [5.74, 6) is -0.429. The summed E-state index contributed by atoms with van der Waals surface area (Å²) in [5, 5.41) is 22.0. The summed E-state index contributed by atoms with van der Waals surface area (Å²) in [6.07, 6.45) is -1.77. The second-order valence-corrected chi connectivity index (χ2v) is 7.32. The van der Waals surface area contributed by atoms with Crippen LogP contribution in [0.1, 0.15) is 23.0 Å². The van der Waals surface area contributed by atoms with Gasteiger partial charge in [-0.2, -0.15) is 0 Å². The van der Waals surface area contributed by atoms with Crippen LogP contribution in [0.4, 0.5) is 10.5 Å². The van der Waals surface area contributed by atoms with E-state index < -0.39 is 30.6 Å². The van der Waals surface area contributed by atoms with E-state index >= 15 is 0 Å². The molecular formula is C20H18Cl2N2O6. The van der Waals surface area contributed by atoms with Crippen molar-refractivity contribution in [2.24, 2.45) is 5.73 Å². The number of amides is 2. The van der Waals surface area contributed by atoms with Crippen LogP contribution in [0.25, 0.3) is 11.0 Å². The largest absolute Gasteiger partial charge is 0.488 e. The summed E-state index contributed by atoms with van der Waals surface area (Å²) >= 11 is 12.0. The highest BCUT2D eigenvalue weighted by Gasteiger charge is 2.25. The van der Waals surface area contributed by atoms with E-state index in [1.807, 2.05) is 0 Å². The number of hydrogen-bond acceptors (Lipinski definition) is 6. The van der Waals surface area contributed by atoms with E-state index in [4.69, 9.17) is 43.2 Å². The van der Waals surface area contributed by atoms with Gasteiger partial charge in [0.1, 0.15) is 29.2 Å². The average Bonchev–Trinajstić information content (AvgIpc) is 3.03. The maximum atomic E-state index is 13.0. The summed E-state index contributed by atoms with van der Waals surface area (Å²) in [4.78, 5) is 24.5. The molecule has 0 aliphatic heterocycles. The third kappa shape index (κ3) is 4.52. The van der Waals surface area contributed by atoms with Gasteiger partial charge in [0.2, 0.25) is 5.78 Å². The number of fused-ring (bicyclic) bond motifs is 1. The minimum absolute atomic E-state index is 0.0866. The van der Waals surface area contributed by atoms with Gasteiger partial charge in [0, 0.05) is 22.0 Å². The van der Waals surface area contributed by atoms with Gasteiger partial charge in [-0.15, -0.1) is 0 Å². The standard InChI is InChI=1S/C20H18Cl2N2O6/c1-9(15(26)8-25)29-11-3-5-13-16(7-11)30-19(17(13)24-20(23)28)18(27)12-4-2-10(21)6-14(12)22/h2-7,9,15,25-26H,8H2,1H3,(H3,23,24,28). The predicted octanol–water partition coefficient (Wildman–Crippen LogP) is 3.58. The maximum Gasteiger partial charge on any atom is 0.316 e. The summed E-state index contributed by atoms with van der Waals surface area (Å²) in [7, 11) is 0. The molecule has 0 radical (unpaired) electrons. The van der Waals surface area contributed by atoms with Gasteiger partial charge in [0.15, 0.2) is 5.76 Å². The van der Waals surface area contributed by atoms with E-state index in [1.54, 1.807) is 19.1 Å². The number of ketones is 1. The summed E-state index contributed by atoms with van der Waals surface area (Å²) < 4.78 is 11.3. The number of nitrogens with two attached hydrogens (primary N) is 1. The first-order valence-corrected chi connectivity index (χ1v) is 9.55. The summed E-state index contributed by atoms with van der Waals surface area (Å²) in [6.45, 7) is 1.13. The molecule has 0 aliphatic carbocycles. The lowest BCUT2D eigenvalue weighted by atomic mass is 10.1. The Morgan fingerprint density at radius 2 is 1.97 bits per heavy atom. The van der Waals surface area contributed by atoms with Crippen LogP contribution < -0.4 is 15.8 Å². The number of nitrogens with one attached hydrogen (secondary N) is 1. The Hall–Kier alpha value is -2.78. The van der Waals surface area contributed by atoms with Crippen LogP contribution in [0.5, 0.6) is 5.75 Å². The Bertz CT molecular complexity index is 1110. The van der Waals surface area contributed by atoms with E-state index in [1.165, 1.54) is 24.3 Å². The van der Waals surface area contributed by atoms with Crippen molar-refractivity contribution in [2.75, 3.05) is 11.9 Å². The number of rotatable bonds is 7. The number of hydrogen-bond donors (Lipinski definition) is 4. The lowest BCUT2D eigenvalue weighted by Crippen LogP contribution is -2.31. The Morgan fingerprint density at radius 1 is 1.23 bits per heavy atom. The fourth-order valence-electron chi connectivity index (χ4n) is 2.79.